The Hall–Kier alpha value is -4.98. The van der Waals surface area contributed by atoms with Gasteiger partial charge in [0.1, 0.15) is 23.8 Å². The molecule has 0 radical (unpaired) electrons. The Kier molecular flexibility index (Phi) is 14.2. The largest absolute Gasteiger partial charge is 0.394 e. The van der Waals surface area contributed by atoms with Crippen molar-refractivity contribution < 1.29 is 33.9 Å². The number of rotatable bonds is 17. The van der Waals surface area contributed by atoms with Crippen LogP contribution >= 0.6 is 0 Å². The zero-order valence-electron chi connectivity index (χ0n) is 30.5. The van der Waals surface area contributed by atoms with Crippen molar-refractivity contribution in [1.29, 1.82) is 0 Å². The molecule has 2 aromatic rings. The molecule has 1 aliphatic carbocycles. The average molecular weight is 718 g/mol. The Morgan fingerprint density at radius 1 is 0.923 bits per heavy atom. The summed E-state index contributed by atoms with van der Waals surface area (Å²) in [5.74, 6) is -5.00. The quantitative estimate of drug-likeness (QED) is 0.118. The number of nitrogens with zero attached hydrogens (tertiary/aromatic N) is 3. The number of aromatic nitrogens is 2. The number of likely N-dealkylation sites (tertiary alicyclic amines) is 1. The molecule has 52 heavy (non-hydrogen) atoms. The van der Waals surface area contributed by atoms with E-state index >= 15 is 0 Å². The van der Waals surface area contributed by atoms with Crippen LogP contribution in [-0.2, 0) is 30.4 Å². The molecular formula is C38H51N7O7. The number of hydrogen-bond acceptors (Lipinski definition) is 9. The van der Waals surface area contributed by atoms with Crippen molar-refractivity contribution in [2.24, 2.45) is 23.7 Å². The highest BCUT2D eigenvalue weighted by Gasteiger charge is 2.50. The van der Waals surface area contributed by atoms with Crippen LogP contribution in [0.5, 0.6) is 0 Å². The third-order valence-electron chi connectivity index (χ3n) is 9.62. The number of carbonyl (C=O) groups is 6. The van der Waals surface area contributed by atoms with Gasteiger partial charge in [-0.05, 0) is 42.6 Å². The zero-order chi connectivity index (χ0) is 37.9. The summed E-state index contributed by atoms with van der Waals surface area (Å²) in [4.78, 5) is 90.8. The standard InChI is InChI=1S/C38H51N7O7/c1-6-11-28(33(47)37(51)41-26(21-46)18-24-12-8-7-9-13-24)42-36(50)32-27-15-10-14-25(27)20-45(32)38(52)31(23(4)5)44-35(49)30(22(2)3)43-34(48)29-19-39-16-17-40-29/h7-10,12-14,16-17,19,22-23,25-28,30-32,46H,6,11,15,18,20-21H2,1-5H3,(H,41,51)(H,42,50)(H,43,48)(H,44,49)/t25-,26-,27-,28?,30-,31-,32-/m0/s1. The van der Waals surface area contributed by atoms with Gasteiger partial charge < -0.3 is 31.3 Å². The molecule has 1 aromatic heterocycles. The van der Waals surface area contributed by atoms with Gasteiger partial charge >= 0.3 is 0 Å². The van der Waals surface area contributed by atoms with Crippen LogP contribution in [0, 0.1) is 23.7 Å². The maximum atomic E-state index is 14.3. The number of carbonyl (C=O) groups excluding carboxylic acids is 6. The van der Waals surface area contributed by atoms with Crippen LogP contribution in [-0.4, -0.2) is 98.7 Å². The van der Waals surface area contributed by atoms with Crippen LogP contribution in [0.2, 0.25) is 0 Å². The summed E-state index contributed by atoms with van der Waals surface area (Å²) in [6.45, 7) is 8.78. The lowest BCUT2D eigenvalue weighted by molar-refractivity contribution is -0.145. The number of nitrogens with one attached hydrogen (secondary N) is 4. The van der Waals surface area contributed by atoms with Crippen molar-refractivity contribution >= 4 is 35.3 Å². The van der Waals surface area contributed by atoms with E-state index in [0.717, 1.165) is 5.56 Å². The van der Waals surface area contributed by atoms with E-state index in [1.54, 1.807) is 27.7 Å². The molecule has 14 heteroatoms. The molecular weight excluding hydrogens is 666 g/mol. The lowest BCUT2D eigenvalue weighted by Gasteiger charge is -2.33. The number of aliphatic hydroxyl groups is 1. The normalized spacial score (nSPS) is 20.1. The van der Waals surface area contributed by atoms with Crippen molar-refractivity contribution in [3.05, 3.63) is 72.3 Å². The zero-order valence-corrected chi connectivity index (χ0v) is 30.5. The third kappa shape index (κ3) is 9.87. The number of ketones is 1. The monoisotopic (exact) mass is 717 g/mol. The number of hydrogen-bond donors (Lipinski definition) is 5. The summed E-state index contributed by atoms with van der Waals surface area (Å²) in [5, 5.41) is 20.8. The van der Waals surface area contributed by atoms with Crippen molar-refractivity contribution in [1.82, 2.24) is 36.1 Å². The van der Waals surface area contributed by atoms with Crippen LogP contribution in [0.4, 0.5) is 0 Å². The predicted octanol–water partition coefficient (Wildman–Crippen LogP) is 1.35. The van der Waals surface area contributed by atoms with Crippen LogP contribution in [0.3, 0.4) is 0 Å². The second-order valence-corrected chi connectivity index (χ2v) is 14.2. The molecule has 2 heterocycles. The Morgan fingerprint density at radius 3 is 2.25 bits per heavy atom. The number of Topliss-reactive ketones (excluding diaryl/α,β-unsaturated/α-hetero) is 1. The van der Waals surface area contributed by atoms with E-state index in [2.05, 4.69) is 31.2 Å². The molecule has 7 atom stereocenters. The fraction of sp³-hybridized carbons (Fsp3) is 0.526. The molecule has 4 rings (SSSR count). The lowest BCUT2D eigenvalue weighted by Crippen LogP contribution is -2.60. The van der Waals surface area contributed by atoms with E-state index in [0.29, 0.717) is 19.3 Å². The fourth-order valence-electron chi connectivity index (χ4n) is 6.81. The molecule has 280 valence electrons. The molecule has 5 amide bonds. The summed E-state index contributed by atoms with van der Waals surface area (Å²) >= 11 is 0. The molecule has 0 saturated carbocycles. The Balaban J connectivity index is 1.48. The SMILES string of the molecule is CCCC(NC(=O)[C@@H]1[C@H]2CC=C[C@H]2CN1C(=O)[C@@H](NC(=O)[C@@H](NC(=O)c1cnccn1)C(C)C)C(C)C)C(=O)C(=O)N[C@H](CO)Cc1ccccc1. The van der Waals surface area contributed by atoms with Crippen molar-refractivity contribution in [2.45, 2.75) is 90.5 Å². The van der Waals surface area contributed by atoms with Crippen LogP contribution < -0.4 is 21.3 Å². The van der Waals surface area contributed by atoms with E-state index in [4.69, 9.17) is 0 Å². The first-order valence-electron chi connectivity index (χ1n) is 18.0. The minimum absolute atomic E-state index is 0.0423. The van der Waals surface area contributed by atoms with E-state index in [9.17, 15) is 33.9 Å². The summed E-state index contributed by atoms with van der Waals surface area (Å²) in [5.41, 5.74) is 0.918. The minimum atomic E-state index is -1.15. The number of allylic oxidation sites excluding steroid dienone is 1. The van der Waals surface area contributed by atoms with Crippen LogP contribution in [0.1, 0.15) is 69.9 Å². The molecule has 2 aliphatic rings. The lowest BCUT2D eigenvalue weighted by atomic mass is 9.92. The Morgan fingerprint density at radius 2 is 1.63 bits per heavy atom. The summed E-state index contributed by atoms with van der Waals surface area (Å²) in [6, 6.07) is 4.41. The molecule has 5 N–H and O–H groups in total. The molecule has 0 bridgehead atoms. The first-order valence-corrected chi connectivity index (χ1v) is 18.0. The second-order valence-electron chi connectivity index (χ2n) is 14.2. The Bertz CT molecular complexity index is 1600. The minimum Gasteiger partial charge on any atom is -0.394 e. The summed E-state index contributed by atoms with van der Waals surface area (Å²) in [6.07, 6.45) is 9.57. The van der Waals surface area contributed by atoms with E-state index in [1.807, 2.05) is 49.4 Å². The molecule has 1 saturated heterocycles. The fourth-order valence-corrected chi connectivity index (χ4v) is 6.81. The first kappa shape index (κ1) is 39.8. The van der Waals surface area contributed by atoms with Gasteiger partial charge in [-0.15, -0.1) is 0 Å². The number of amides is 5. The van der Waals surface area contributed by atoms with E-state index in [1.165, 1.54) is 23.5 Å². The van der Waals surface area contributed by atoms with Gasteiger partial charge in [-0.2, -0.15) is 0 Å². The molecule has 14 nitrogen and oxygen atoms in total. The van der Waals surface area contributed by atoms with Gasteiger partial charge in [-0.1, -0.05) is 83.5 Å². The molecule has 1 aromatic carbocycles. The van der Waals surface area contributed by atoms with Gasteiger partial charge in [0.15, 0.2) is 0 Å². The van der Waals surface area contributed by atoms with Crippen molar-refractivity contribution in [3.8, 4) is 0 Å². The van der Waals surface area contributed by atoms with Gasteiger partial charge in [0.25, 0.3) is 11.8 Å². The number of aliphatic hydroxyl groups excluding tert-OH is 1. The first-order chi connectivity index (χ1) is 24.9. The van der Waals surface area contributed by atoms with E-state index < -0.39 is 65.5 Å². The maximum Gasteiger partial charge on any atom is 0.289 e. The second kappa shape index (κ2) is 18.5. The van der Waals surface area contributed by atoms with Crippen molar-refractivity contribution in [2.75, 3.05) is 13.2 Å². The molecule has 1 fully saturated rings. The van der Waals surface area contributed by atoms with Gasteiger partial charge in [0, 0.05) is 24.9 Å². The molecule has 1 aliphatic heterocycles. The van der Waals surface area contributed by atoms with Gasteiger partial charge in [-0.25, -0.2) is 4.98 Å². The van der Waals surface area contributed by atoms with Gasteiger partial charge in [0.2, 0.25) is 23.5 Å². The third-order valence-corrected chi connectivity index (χ3v) is 9.62. The number of benzene rings is 1. The van der Waals surface area contributed by atoms with Crippen LogP contribution in [0.25, 0.3) is 0 Å². The summed E-state index contributed by atoms with van der Waals surface area (Å²) < 4.78 is 0. The topological polar surface area (TPSA) is 200 Å². The smallest absolute Gasteiger partial charge is 0.289 e. The van der Waals surface area contributed by atoms with Gasteiger partial charge in [0.05, 0.1) is 24.9 Å². The highest BCUT2D eigenvalue weighted by Crippen LogP contribution is 2.39. The Labute approximate surface area is 304 Å². The maximum absolute atomic E-state index is 14.3. The highest BCUT2D eigenvalue weighted by molar-refractivity contribution is 6.38. The number of fused-ring (bicyclic) bond motifs is 1. The predicted molar refractivity (Wildman–Crippen MR) is 192 cm³/mol. The average Bonchev–Trinajstić information content (AvgIpc) is 3.74. The van der Waals surface area contributed by atoms with Gasteiger partial charge in [-0.3, -0.25) is 33.8 Å². The molecule has 1 unspecified atom stereocenters. The highest BCUT2D eigenvalue weighted by atomic mass is 16.3. The van der Waals surface area contributed by atoms with Crippen LogP contribution in [0.15, 0.2) is 61.1 Å². The van der Waals surface area contributed by atoms with Crippen molar-refractivity contribution in [3.63, 3.8) is 0 Å². The summed E-state index contributed by atoms with van der Waals surface area (Å²) in [7, 11) is 0. The molecule has 0 spiro atoms. The van der Waals surface area contributed by atoms with E-state index in [-0.39, 0.29) is 48.9 Å².